The van der Waals surface area contributed by atoms with Gasteiger partial charge in [0.2, 0.25) is 0 Å². The molecule has 2 aromatic rings. The molecule has 0 heterocycles. The molecule has 2 atom stereocenters. The normalized spacial score (nSPS) is 32.2. The van der Waals surface area contributed by atoms with Crippen molar-refractivity contribution < 1.29 is 0 Å². The highest BCUT2D eigenvalue weighted by Crippen LogP contribution is 2.42. The molecule has 4 rings (SSSR count). The van der Waals surface area contributed by atoms with Crippen molar-refractivity contribution in [2.45, 2.75) is 56.1 Å². The van der Waals surface area contributed by atoms with E-state index in [2.05, 4.69) is 47.8 Å². The Labute approximate surface area is 126 Å². The van der Waals surface area contributed by atoms with E-state index in [0.29, 0.717) is 24.0 Å². The molecule has 2 fully saturated rings. The van der Waals surface area contributed by atoms with E-state index in [9.17, 15) is 0 Å². The van der Waals surface area contributed by atoms with Crippen LogP contribution in [0.2, 0.25) is 0 Å². The molecule has 2 aliphatic rings. The van der Waals surface area contributed by atoms with E-state index in [1.807, 2.05) is 0 Å². The largest absolute Gasteiger partial charge is 0.328 e. The van der Waals surface area contributed by atoms with Crippen LogP contribution < -0.4 is 11.1 Å². The summed E-state index contributed by atoms with van der Waals surface area (Å²) in [5.74, 6) is 0.713. The van der Waals surface area contributed by atoms with Gasteiger partial charge in [0.05, 0.1) is 0 Å². The van der Waals surface area contributed by atoms with Gasteiger partial charge in [-0.05, 0) is 48.4 Å². The summed E-state index contributed by atoms with van der Waals surface area (Å²) in [7, 11) is 0. The minimum atomic E-state index is 0.443. The molecule has 2 heteroatoms. The molecule has 0 aliphatic heterocycles. The van der Waals surface area contributed by atoms with Crippen LogP contribution in [0.5, 0.6) is 0 Å². The van der Waals surface area contributed by atoms with Crippen molar-refractivity contribution in [1.82, 2.24) is 5.32 Å². The average Bonchev–Trinajstić information content (AvgIpc) is 3.28. The Hall–Kier alpha value is -1.38. The van der Waals surface area contributed by atoms with Gasteiger partial charge in [0.15, 0.2) is 0 Å². The van der Waals surface area contributed by atoms with Crippen molar-refractivity contribution >= 4 is 10.8 Å². The Morgan fingerprint density at radius 2 is 1.67 bits per heavy atom. The fraction of sp³-hybridized carbons (Fsp3) is 0.474. The van der Waals surface area contributed by atoms with Crippen LogP contribution in [0.3, 0.4) is 0 Å². The van der Waals surface area contributed by atoms with Gasteiger partial charge in [-0.2, -0.15) is 0 Å². The van der Waals surface area contributed by atoms with Gasteiger partial charge in [-0.15, -0.1) is 0 Å². The maximum Gasteiger partial charge on any atom is 0.0145 e. The van der Waals surface area contributed by atoms with Crippen molar-refractivity contribution in [3.8, 4) is 0 Å². The summed E-state index contributed by atoms with van der Waals surface area (Å²) in [4.78, 5) is 0. The minimum absolute atomic E-state index is 0.443. The molecule has 0 saturated heterocycles. The van der Waals surface area contributed by atoms with Crippen LogP contribution in [0.15, 0.2) is 42.5 Å². The number of fused-ring (bicyclic) bond motifs is 1. The number of nitrogens with one attached hydrogen (secondary N) is 1. The van der Waals surface area contributed by atoms with Crippen LogP contribution in [-0.2, 0) is 0 Å². The van der Waals surface area contributed by atoms with E-state index in [4.69, 9.17) is 5.73 Å². The lowest BCUT2D eigenvalue weighted by Crippen LogP contribution is -2.38. The first-order valence-electron chi connectivity index (χ1n) is 8.30. The molecule has 2 aromatic carbocycles. The van der Waals surface area contributed by atoms with Crippen molar-refractivity contribution in [2.24, 2.45) is 5.73 Å². The Balaban J connectivity index is 1.41. The van der Waals surface area contributed by atoms with Crippen LogP contribution in [0, 0.1) is 0 Å². The lowest BCUT2D eigenvalue weighted by atomic mass is 9.92. The van der Waals surface area contributed by atoms with Gasteiger partial charge in [-0.1, -0.05) is 42.5 Å². The number of benzene rings is 2. The second-order valence-corrected chi connectivity index (χ2v) is 6.83. The first kappa shape index (κ1) is 13.3. The highest BCUT2D eigenvalue weighted by Gasteiger charge is 2.39. The van der Waals surface area contributed by atoms with Gasteiger partial charge in [0, 0.05) is 24.0 Å². The Morgan fingerprint density at radius 1 is 0.905 bits per heavy atom. The summed E-state index contributed by atoms with van der Waals surface area (Å²) >= 11 is 0. The highest BCUT2D eigenvalue weighted by atomic mass is 15.0. The maximum atomic E-state index is 5.99. The van der Waals surface area contributed by atoms with E-state index in [1.54, 1.807) is 0 Å². The number of hydrogen-bond acceptors (Lipinski definition) is 2. The monoisotopic (exact) mass is 280 g/mol. The van der Waals surface area contributed by atoms with E-state index >= 15 is 0 Å². The number of nitrogens with two attached hydrogens (primary N) is 1. The van der Waals surface area contributed by atoms with Crippen molar-refractivity contribution in [2.75, 3.05) is 0 Å². The average molecular weight is 280 g/mol. The molecule has 2 aliphatic carbocycles. The second-order valence-electron chi connectivity index (χ2n) is 6.83. The smallest absolute Gasteiger partial charge is 0.0145 e. The third-order valence-electron chi connectivity index (χ3n) is 5.21. The van der Waals surface area contributed by atoms with Crippen LogP contribution in [0.1, 0.15) is 43.6 Å². The van der Waals surface area contributed by atoms with E-state index in [-0.39, 0.29) is 0 Å². The minimum Gasteiger partial charge on any atom is -0.328 e. The number of hydrogen-bond donors (Lipinski definition) is 2. The Kier molecular flexibility index (Phi) is 3.44. The summed E-state index contributed by atoms with van der Waals surface area (Å²) in [5.41, 5.74) is 7.49. The third kappa shape index (κ3) is 2.83. The third-order valence-corrected chi connectivity index (χ3v) is 5.21. The standard InChI is InChI=1S/C19H24N2/c20-16-7-9-17(10-8-16)21-19-12-18(19)15-6-5-13-3-1-2-4-14(13)11-15/h1-6,11,16-19,21H,7-10,12,20H2/t16-,17+,18-,19+/m1/s1. The van der Waals surface area contributed by atoms with Gasteiger partial charge in [0.25, 0.3) is 0 Å². The fourth-order valence-electron chi connectivity index (χ4n) is 3.77. The molecular formula is C19H24N2. The fourth-order valence-corrected chi connectivity index (χ4v) is 3.77. The highest BCUT2D eigenvalue weighted by molar-refractivity contribution is 5.83. The zero-order chi connectivity index (χ0) is 14.2. The topological polar surface area (TPSA) is 38.0 Å². The predicted octanol–water partition coefficient (Wildman–Crippen LogP) is 3.56. The molecule has 0 unspecified atom stereocenters. The molecule has 2 saturated carbocycles. The van der Waals surface area contributed by atoms with Gasteiger partial charge in [-0.3, -0.25) is 0 Å². The molecule has 0 radical (unpaired) electrons. The van der Waals surface area contributed by atoms with Gasteiger partial charge in [-0.25, -0.2) is 0 Å². The summed E-state index contributed by atoms with van der Waals surface area (Å²) in [6.07, 6.45) is 6.17. The lowest BCUT2D eigenvalue weighted by Gasteiger charge is -2.27. The zero-order valence-electron chi connectivity index (χ0n) is 12.5. The van der Waals surface area contributed by atoms with E-state index < -0.39 is 0 Å². The second kappa shape index (κ2) is 5.43. The quantitative estimate of drug-likeness (QED) is 0.902. The molecule has 0 amide bonds. The van der Waals surface area contributed by atoms with Crippen molar-refractivity contribution in [1.29, 1.82) is 0 Å². The summed E-state index contributed by atoms with van der Waals surface area (Å²) in [6.45, 7) is 0. The molecule has 2 nitrogen and oxygen atoms in total. The van der Waals surface area contributed by atoms with Gasteiger partial charge >= 0.3 is 0 Å². The SMILES string of the molecule is N[C@H]1CC[C@@H](N[C@H]2C[C@@H]2c2ccc3ccccc3c2)CC1. The molecule has 21 heavy (non-hydrogen) atoms. The molecule has 3 N–H and O–H groups in total. The van der Waals surface area contributed by atoms with Crippen LogP contribution in [0.4, 0.5) is 0 Å². The molecule has 110 valence electrons. The first-order chi connectivity index (χ1) is 10.3. The Morgan fingerprint density at radius 3 is 2.48 bits per heavy atom. The van der Waals surface area contributed by atoms with E-state index in [0.717, 1.165) is 0 Å². The Bertz CT molecular complexity index is 628. The molecule has 0 spiro atoms. The predicted molar refractivity (Wildman–Crippen MR) is 88.5 cm³/mol. The van der Waals surface area contributed by atoms with Gasteiger partial charge < -0.3 is 11.1 Å². The molecular weight excluding hydrogens is 256 g/mol. The summed E-state index contributed by atoms with van der Waals surface area (Å²) < 4.78 is 0. The van der Waals surface area contributed by atoms with Crippen molar-refractivity contribution in [3.63, 3.8) is 0 Å². The zero-order valence-corrected chi connectivity index (χ0v) is 12.5. The van der Waals surface area contributed by atoms with Crippen molar-refractivity contribution in [3.05, 3.63) is 48.0 Å². The molecule has 0 bridgehead atoms. The lowest BCUT2D eigenvalue weighted by molar-refractivity contribution is 0.339. The number of rotatable bonds is 3. The van der Waals surface area contributed by atoms with E-state index in [1.165, 1.54) is 48.4 Å². The van der Waals surface area contributed by atoms with Crippen LogP contribution in [-0.4, -0.2) is 18.1 Å². The summed E-state index contributed by atoms with van der Waals surface area (Å²) in [6, 6.07) is 17.4. The summed E-state index contributed by atoms with van der Waals surface area (Å²) in [5, 5.41) is 6.56. The van der Waals surface area contributed by atoms with Crippen LogP contribution in [0.25, 0.3) is 10.8 Å². The maximum absolute atomic E-state index is 5.99. The molecule has 0 aromatic heterocycles. The first-order valence-corrected chi connectivity index (χ1v) is 8.30. The van der Waals surface area contributed by atoms with Crippen LogP contribution >= 0.6 is 0 Å². The van der Waals surface area contributed by atoms with Gasteiger partial charge in [0.1, 0.15) is 0 Å².